The fraction of sp³-hybridized carbons (Fsp3) is 0.350. The van der Waals surface area contributed by atoms with Crippen molar-refractivity contribution >= 4 is 17.6 Å². The maximum Gasteiger partial charge on any atom is 0.309 e. The van der Waals surface area contributed by atoms with Crippen molar-refractivity contribution in [2.45, 2.75) is 32.2 Å². The van der Waals surface area contributed by atoms with Crippen LogP contribution in [0, 0.1) is 12.8 Å². The Morgan fingerprint density at radius 3 is 2.65 bits per heavy atom. The molecule has 6 heteroatoms. The van der Waals surface area contributed by atoms with Gasteiger partial charge in [-0.2, -0.15) is 5.10 Å². The molecule has 0 bridgehead atoms. The first kappa shape index (κ1) is 16.6. The Labute approximate surface area is 151 Å². The molecule has 2 aliphatic rings. The zero-order valence-corrected chi connectivity index (χ0v) is 14.6. The molecule has 134 valence electrons. The summed E-state index contributed by atoms with van der Waals surface area (Å²) >= 11 is 0. The lowest BCUT2D eigenvalue weighted by atomic mass is 10.0. The molecule has 1 aromatic carbocycles. The third kappa shape index (κ3) is 3.40. The van der Waals surface area contributed by atoms with Gasteiger partial charge in [0.2, 0.25) is 0 Å². The highest BCUT2D eigenvalue weighted by Crippen LogP contribution is 2.33. The Balaban J connectivity index is 1.53. The van der Waals surface area contributed by atoms with Gasteiger partial charge < -0.3 is 9.15 Å². The number of carbonyl (C=O) groups excluding carboxylic acids is 2. The summed E-state index contributed by atoms with van der Waals surface area (Å²) in [7, 11) is 0. The maximum absolute atomic E-state index is 12.6. The molecule has 4 rings (SSSR count). The first-order valence-electron chi connectivity index (χ1n) is 8.78. The Bertz CT molecular complexity index is 835. The molecule has 0 radical (unpaired) electrons. The summed E-state index contributed by atoms with van der Waals surface area (Å²) in [5.41, 5.74) is 2.94. The topological polar surface area (TPSA) is 72.1 Å². The van der Waals surface area contributed by atoms with Crippen molar-refractivity contribution in [1.29, 1.82) is 0 Å². The van der Waals surface area contributed by atoms with Crippen molar-refractivity contribution in [2.24, 2.45) is 11.0 Å². The summed E-state index contributed by atoms with van der Waals surface area (Å²) in [6.07, 6.45) is 3.83. The summed E-state index contributed by atoms with van der Waals surface area (Å²) in [6.45, 7) is 1.73. The molecular formula is C20H20N2O4. The van der Waals surface area contributed by atoms with Gasteiger partial charge in [-0.3, -0.25) is 9.59 Å². The van der Waals surface area contributed by atoms with E-state index in [0.717, 1.165) is 29.7 Å². The number of furan rings is 1. The highest BCUT2D eigenvalue weighted by atomic mass is 16.5. The van der Waals surface area contributed by atoms with Crippen LogP contribution in [0.25, 0.3) is 0 Å². The van der Waals surface area contributed by atoms with Gasteiger partial charge in [-0.05, 0) is 37.5 Å². The summed E-state index contributed by atoms with van der Waals surface area (Å²) in [5, 5.41) is 5.90. The number of ether oxygens (including phenoxy) is 1. The van der Waals surface area contributed by atoms with Crippen LogP contribution in [-0.2, 0) is 14.3 Å². The molecular weight excluding hydrogens is 332 g/mol. The van der Waals surface area contributed by atoms with Crippen molar-refractivity contribution < 1.29 is 18.7 Å². The van der Waals surface area contributed by atoms with Gasteiger partial charge in [-0.1, -0.05) is 29.8 Å². The minimum absolute atomic E-state index is 0.0335. The molecule has 1 aromatic heterocycles. The van der Waals surface area contributed by atoms with E-state index in [2.05, 4.69) is 5.10 Å². The van der Waals surface area contributed by atoms with Gasteiger partial charge in [-0.25, -0.2) is 5.01 Å². The molecule has 26 heavy (non-hydrogen) atoms. The van der Waals surface area contributed by atoms with Crippen molar-refractivity contribution in [1.82, 2.24) is 5.01 Å². The van der Waals surface area contributed by atoms with E-state index in [1.165, 1.54) is 5.01 Å². The molecule has 6 nitrogen and oxygen atoms in total. The lowest BCUT2D eigenvalue weighted by Crippen LogP contribution is -2.31. The Morgan fingerprint density at radius 1 is 1.23 bits per heavy atom. The number of nitrogens with zero attached hydrogens (tertiary/aromatic N) is 2. The largest absolute Gasteiger partial charge is 0.467 e. The quantitative estimate of drug-likeness (QED) is 0.775. The number of esters is 1. The van der Waals surface area contributed by atoms with Crippen LogP contribution < -0.4 is 0 Å². The minimum Gasteiger partial charge on any atom is -0.467 e. The summed E-state index contributed by atoms with van der Waals surface area (Å²) in [4.78, 5) is 24.3. The minimum atomic E-state index is -0.345. The number of benzene rings is 1. The summed E-state index contributed by atoms with van der Waals surface area (Å²) in [6, 6.07) is 11.3. The van der Waals surface area contributed by atoms with E-state index >= 15 is 0 Å². The number of carbonyl (C=O) groups is 2. The van der Waals surface area contributed by atoms with Gasteiger partial charge in [0, 0.05) is 6.42 Å². The van der Waals surface area contributed by atoms with Crippen molar-refractivity contribution in [3.8, 4) is 0 Å². The second-order valence-corrected chi connectivity index (χ2v) is 6.77. The summed E-state index contributed by atoms with van der Waals surface area (Å²) in [5.74, 6) is -0.0102. The van der Waals surface area contributed by atoms with Crippen LogP contribution in [0.5, 0.6) is 0 Å². The van der Waals surface area contributed by atoms with Crippen LogP contribution in [0.4, 0.5) is 0 Å². The van der Waals surface area contributed by atoms with Crippen molar-refractivity contribution in [2.75, 3.05) is 6.61 Å². The van der Waals surface area contributed by atoms with Crippen LogP contribution in [-0.4, -0.2) is 29.2 Å². The smallest absolute Gasteiger partial charge is 0.309 e. The number of hydrogen-bond acceptors (Lipinski definition) is 5. The van der Waals surface area contributed by atoms with Gasteiger partial charge in [0.25, 0.3) is 5.91 Å². The van der Waals surface area contributed by atoms with Gasteiger partial charge in [0.05, 0.1) is 17.9 Å². The number of hydrazone groups is 1. The lowest BCUT2D eigenvalue weighted by Gasteiger charge is -2.19. The van der Waals surface area contributed by atoms with Gasteiger partial charge in [0.15, 0.2) is 6.61 Å². The van der Waals surface area contributed by atoms with Crippen LogP contribution in [0.15, 0.2) is 52.2 Å². The summed E-state index contributed by atoms with van der Waals surface area (Å²) < 4.78 is 10.6. The second kappa shape index (κ2) is 6.78. The van der Waals surface area contributed by atoms with E-state index < -0.39 is 0 Å². The lowest BCUT2D eigenvalue weighted by molar-refractivity contribution is -0.154. The molecule has 0 N–H and O–H groups in total. The molecule has 1 saturated carbocycles. The first-order chi connectivity index (χ1) is 12.6. The van der Waals surface area contributed by atoms with Gasteiger partial charge in [-0.15, -0.1) is 0 Å². The van der Waals surface area contributed by atoms with Crippen LogP contribution in [0.2, 0.25) is 0 Å². The Hall–Kier alpha value is -2.89. The predicted octanol–water partition coefficient (Wildman–Crippen LogP) is 3.22. The Kier molecular flexibility index (Phi) is 4.32. The average molecular weight is 352 g/mol. The zero-order chi connectivity index (χ0) is 18.1. The molecule has 1 amide bonds. The zero-order valence-electron chi connectivity index (χ0n) is 14.6. The fourth-order valence-corrected chi connectivity index (χ4v) is 3.00. The first-order valence-corrected chi connectivity index (χ1v) is 8.78. The van der Waals surface area contributed by atoms with E-state index in [1.807, 2.05) is 37.3 Å². The maximum atomic E-state index is 12.6. The molecule has 1 aliphatic carbocycles. The predicted molar refractivity (Wildman–Crippen MR) is 94.3 cm³/mol. The second-order valence-electron chi connectivity index (χ2n) is 6.77. The van der Waals surface area contributed by atoms with Gasteiger partial charge >= 0.3 is 5.97 Å². The van der Waals surface area contributed by atoms with Crippen LogP contribution in [0.1, 0.15) is 42.2 Å². The molecule has 2 aromatic rings. The van der Waals surface area contributed by atoms with Crippen LogP contribution >= 0.6 is 0 Å². The average Bonchev–Trinajstić information content (AvgIpc) is 3.18. The molecule has 2 heterocycles. The molecule has 0 spiro atoms. The highest BCUT2D eigenvalue weighted by molar-refractivity contribution is 6.03. The molecule has 1 unspecified atom stereocenters. The van der Waals surface area contributed by atoms with Crippen molar-refractivity contribution in [3.63, 3.8) is 0 Å². The molecule has 0 saturated heterocycles. The molecule has 1 atom stereocenters. The number of rotatable bonds is 5. The number of aryl methyl sites for hydroxylation is 1. The van der Waals surface area contributed by atoms with E-state index in [9.17, 15) is 9.59 Å². The van der Waals surface area contributed by atoms with E-state index in [0.29, 0.717) is 12.2 Å². The SMILES string of the molecule is Cc1ccc(C2=NN(C(=O)COC(=O)C3CC3)C(c3ccco3)C2)cc1. The van der Waals surface area contributed by atoms with E-state index in [-0.39, 0.29) is 30.4 Å². The normalized spacial score (nSPS) is 19.3. The van der Waals surface area contributed by atoms with Gasteiger partial charge in [0.1, 0.15) is 11.8 Å². The standard InChI is InChI=1S/C20H20N2O4/c1-13-4-6-14(7-5-13)16-11-17(18-3-2-10-25-18)22(21-16)19(23)12-26-20(24)15-8-9-15/h2-7,10,15,17H,8-9,11-12H2,1H3. The monoisotopic (exact) mass is 352 g/mol. The molecule has 1 fully saturated rings. The number of hydrogen-bond donors (Lipinski definition) is 0. The van der Waals surface area contributed by atoms with Crippen LogP contribution in [0.3, 0.4) is 0 Å². The highest BCUT2D eigenvalue weighted by Gasteiger charge is 2.36. The van der Waals surface area contributed by atoms with E-state index in [4.69, 9.17) is 9.15 Å². The number of amides is 1. The van der Waals surface area contributed by atoms with E-state index in [1.54, 1.807) is 12.3 Å². The fourth-order valence-electron chi connectivity index (χ4n) is 3.00. The Morgan fingerprint density at radius 2 is 2.00 bits per heavy atom. The third-order valence-electron chi connectivity index (χ3n) is 4.67. The third-order valence-corrected chi connectivity index (χ3v) is 4.67. The van der Waals surface area contributed by atoms with Crippen molar-refractivity contribution in [3.05, 3.63) is 59.5 Å². The molecule has 1 aliphatic heterocycles.